The summed E-state index contributed by atoms with van der Waals surface area (Å²) >= 11 is 0. The second kappa shape index (κ2) is 5.36. The van der Waals surface area contributed by atoms with Gasteiger partial charge in [0.1, 0.15) is 0 Å². The summed E-state index contributed by atoms with van der Waals surface area (Å²) in [6, 6.07) is 11.1. The Morgan fingerprint density at radius 1 is 1.11 bits per heavy atom. The van der Waals surface area contributed by atoms with Gasteiger partial charge in [-0.05, 0) is 18.4 Å². The summed E-state index contributed by atoms with van der Waals surface area (Å²) in [5.41, 5.74) is 7.95. The molecule has 0 atom stereocenters. The van der Waals surface area contributed by atoms with Crippen molar-refractivity contribution in [3.05, 3.63) is 54.0 Å². The zero-order chi connectivity index (χ0) is 13.1. The monoisotopic (exact) mass is 254 g/mol. The molecule has 1 aliphatic rings. The number of rotatable bonds is 5. The Balaban J connectivity index is 1.89. The molecule has 1 fully saturated rings. The molecule has 0 amide bonds. The SMILES string of the molecule is NCc1nccnc1N(Cc1ccccc1)C1CC1. The second-order valence-corrected chi connectivity index (χ2v) is 4.88. The molecule has 2 aromatic rings. The first-order valence-electron chi connectivity index (χ1n) is 6.69. The molecule has 19 heavy (non-hydrogen) atoms. The van der Waals surface area contributed by atoms with E-state index in [0.29, 0.717) is 12.6 Å². The minimum atomic E-state index is 0.432. The van der Waals surface area contributed by atoms with E-state index in [-0.39, 0.29) is 0 Å². The first-order valence-corrected chi connectivity index (χ1v) is 6.69. The van der Waals surface area contributed by atoms with Crippen LogP contribution in [0, 0.1) is 0 Å². The quantitative estimate of drug-likeness (QED) is 0.887. The predicted molar refractivity (Wildman–Crippen MR) is 75.6 cm³/mol. The lowest BCUT2D eigenvalue weighted by molar-refractivity contribution is 0.759. The van der Waals surface area contributed by atoms with Crippen LogP contribution in [0.15, 0.2) is 42.7 Å². The van der Waals surface area contributed by atoms with Crippen LogP contribution in [0.1, 0.15) is 24.1 Å². The van der Waals surface area contributed by atoms with E-state index >= 15 is 0 Å². The van der Waals surface area contributed by atoms with Gasteiger partial charge in [-0.25, -0.2) is 4.98 Å². The average molecular weight is 254 g/mol. The zero-order valence-corrected chi connectivity index (χ0v) is 10.9. The molecule has 0 radical (unpaired) electrons. The Kier molecular flexibility index (Phi) is 3.42. The Bertz CT molecular complexity index is 537. The maximum atomic E-state index is 5.77. The van der Waals surface area contributed by atoms with Gasteiger partial charge >= 0.3 is 0 Å². The highest BCUT2D eigenvalue weighted by atomic mass is 15.2. The van der Waals surface area contributed by atoms with Crippen LogP contribution in [0.4, 0.5) is 5.82 Å². The normalized spacial score (nSPS) is 14.4. The highest BCUT2D eigenvalue weighted by Gasteiger charge is 2.31. The van der Waals surface area contributed by atoms with Gasteiger partial charge < -0.3 is 10.6 Å². The molecule has 0 unspecified atom stereocenters. The molecule has 0 aliphatic heterocycles. The summed E-state index contributed by atoms with van der Waals surface area (Å²) in [5.74, 6) is 0.941. The van der Waals surface area contributed by atoms with Gasteiger partial charge in [-0.15, -0.1) is 0 Å². The Morgan fingerprint density at radius 3 is 2.53 bits per heavy atom. The lowest BCUT2D eigenvalue weighted by Gasteiger charge is -2.25. The summed E-state index contributed by atoms with van der Waals surface area (Å²) in [7, 11) is 0. The van der Waals surface area contributed by atoms with Gasteiger partial charge in [0.25, 0.3) is 0 Å². The fraction of sp³-hybridized carbons (Fsp3) is 0.333. The van der Waals surface area contributed by atoms with Crippen LogP contribution in [0.25, 0.3) is 0 Å². The number of aromatic nitrogens is 2. The fourth-order valence-electron chi connectivity index (χ4n) is 2.29. The maximum absolute atomic E-state index is 5.77. The van der Waals surface area contributed by atoms with Crippen LogP contribution in [0.3, 0.4) is 0 Å². The van der Waals surface area contributed by atoms with Crippen molar-refractivity contribution < 1.29 is 0 Å². The number of hydrogen-bond donors (Lipinski definition) is 1. The van der Waals surface area contributed by atoms with E-state index in [1.807, 2.05) is 6.07 Å². The summed E-state index contributed by atoms with van der Waals surface area (Å²) in [5, 5.41) is 0. The third-order valence-electron chi connectivity index (χ3n) is 3.40. The van der Waals surface area contributed by atoms with Crippen LogP contribution in [-0.4, -0.2) is 16.0 Å². The van der Waals surface area contributed by atoms with Gasteiger partial charge in [-0.3, -0.25) is 4.98 Å². The summed E-state index contributed by atoms with van der Waals surface area (Å²) in [4.78, 5) is 11.2. The van der Waals surface area contributed by atoms with Crippen molar-refractivity contribution in [2.75, 3.05) is 4.90 Å². The molecule has 3 rings (SSSR count). The van der Waals surface area contributed by atoms with E-state index in [0.717, 1.165) is 18.1 Å². The standard InChI is InChI=1S/C15H18N4/c16-10-14-15(18-9-8-17-14)19(13-6-7-13)11-12-4-2-1-3-5-12/h1-5,8-9,13H,6-7,10-11,16H2. The second-order valence-electron chi connectivity index (χ2n) is 4.88. The number of anilines is 1. The fourth-order valence-corrected chi connectivity index (χ4v) is 2.29. The minimum Gasteiger partial charge on any atom is -0.348 e. The molecule has 0 spiro atoms. The van der Waals surface area contributed by atoms with Gasteiger partial charge in [0.05, 0.1) is 5.69 Å². The molecule has 4 nitrogen and oxygen atoms in total. The molecule has 1 aromatic carbocycles. The number of hydrogen-bond acceptors (Lipinski definition) is 4. The van der Waals surface area contributed by atoms with E-state index in [9.17, 15) is 0 Å². The lowest BCUT2D eigenvalue weighted by atomic mass is 10.2. The molecular weight excluding hydrogens is 236 g/mol. The third-order valence-corrected chi connectivity index (χ3v) is 3.40. The molecule has 1 aliphatic carbocycles. The first kappa shape index (κ1) is 12.1. The Labute approximate surface area is 113 Å². The van der Waals surface area contributed by atoms with E-state index in [2.05, 4.69) is 39.1 Å². The summed E-state index contributed by atoms with van der Waals surface area (Å²) in [6.45, 7) is 1.30. The minimum absolute atomic E-state index is 0.432. The first-order chi connectivity index (χ1) is 9.38. The predicted octanol–water partition coefficient (Wildman–Crippen LogP) is 2.10. The molecule has 1 aromatic heterocycles. The van der Waals surface area contributed by atoms with Crippen molar-refractivity contribution in [3.8, 4) is 0 Å². The van der Waals surface area contributed by atoms with Gasteiger partial charge in [-0.1, -0.05) is 30.3 Å². The summed E-state index contributed by atoms with van der Waals surface area (Å²) in [6.07, 6.45) is 5.91. The van der Waals surface area contributed by atoms with Crippen molar-refractivity contribution in [1.82, 2.24) is 9.97 Å². The van der Waals surface area contributed by atoms with Crippen LogP contribution < -0.4 is 10.6 Å². The van der Waals surface area contributed by atoms with Crippen molar-refractivity contribution >= 4 is 5.82 Å². The van der Waals surface area contributed by atoms with Crippen molar-refractivity contribution in [3.63, 3.8) is 0 Å². The zero-order valence-electron chi connectivity index (χ0n) is 10.9. The summed E-state index contributed by atoms with van der Waals surface area (Å²) < 4.78 is 0. The molecule has 1 heterocycles. The highest BCUT2D eigenvalue weighted by molar-refractivity contribution is 5.46. The number of nitrogens with two attached hydrogens (primary N) is 1. The molecule has 4 heteroatoms. The van der Waals surface area contributed by atoms with E-state index in [4.69, 9.17) is 5.73 Å². The number of nitrogens with zero attached hydrogens (tertiary/aromatic N) is 3. The topological polar surface area (TPSA) is 55.0 Å². The van der Waals surface area contributed by atoms with Gasteiger partial charge in [0.15, 0.2) is 5.82 Å². The van der Waals surface area contributed by atoms with Crippen molar-refractivity contribution in [1.29, 1.82) is 0 Å². The van der Waals surface area contributed by atoms with Gasteiger partial charge in [-0.2, -0.15) is 0 Å². The van der Waals surface area contributed by atoms with Crippen molar-refractivity contribution in [2.24, 2.45) is 5.73 Å². The third kappa shape index (κ3) is 2.74. The Hall–Kier alpha value is -1.94. The highest BCUT2D eigenvalue weighted by Crippen LogP contribution is 2.33. The smallest absolute Gasteiger partial charge is 0.152 e. The number of benzene rings is 1. The molecular formula is C15H18N4. The van der Waals surface area contributed by atoms with Gasteiger partial charge in [0, 0.05) is 31.5 Å². The van der Waals surface area contributed by atoms with Gasteiger partial charge in [0.2, 0.25) is 0 Å². The lowest BCUT2D eigenvalue weighted by Crippen LogP contribution is -2.28. The maximum Gasteiger partial charge on any atom is 0.152 e. The average Bonchev–Trinajstić information content (AvgIpc) is 3.30. The van der Waals surface area contributed by atoms with Crippen LogP contribution in [0.5, 0.6) is 0 Å². The van der Waals surface area contributed by atoms with E-state index < -0.39 is 0 Å². The molecule has 1 saturated carbocycles. The van der Waals surface area contributed by atoms with Crippen molar-refractivity contribution in [2.45, 2.75) is 32.0 Å². The molecule has 2 N–H and O–H groups in total. The van der Waals surface area contributed by atoms with Crippen LogP contribution in [0.2, 0.25) is 0 Å². The van der Waals surface area contributed by atoms with Crippen LogP contribution in [-0.2, 0) is 13.1 Å². The Morgan fingerprint density at radius 2 is 1.84 bits per heavy atom. The largest absolute Gasteiger partial charge is 0.348 e. The van der Waals surface area contributed by atoms with E-state index in [1.165, 1.54) is 18.4 Å². The molecule has 0 bridgehead atoms. The molecule has 98 valence electrons. The molecule has 0 saturated heterocycles. The van der Waals surface area contributed by atoms with E-state index in [1.54, 1.807) is 12.4 Å². The van der Waals surface area contributed by atoms with Crippen LogP contribution >= 0.6 is 0 Å².